The quantitative estimate of drug-likeness (QED) is 0.850. The maximum absolute atomic E-state index is 11.7. The number of para-hydroxylation sites is 1. The Bertz CT molecular complexity index is 681. The molecule has 0 aliphatic carbocycles. The second-order valence-electron chi connectivity index (χ2n) is 5.02. The van der Waals surface area contributed by atoms with Crippen molar-refractivity contribution in [2.75, 3.05) is 21.3 Å². The SMILES string of the molecule is COc1ccccc1CC(C(=O)O)c1ccc(OC)c(OC)c1. The van der Waals surface area contributed by atoms with Crippen LogP contribution in [0.3, 0.4) is 0 Å². The molecule has 2 aromatic carbocycles. The molecular weight excluding hydrogens is 296 g/mol. The molecule has 0 bridgehead atoms. The third-order valence-corrected chi connectivity index (χ3v) is 3.72. The van der Waals surface area contributed by atoms with Crippen molar-refractivity contribution in [2.45, 2.75) is 12.3 Å². The van der Waals surface area contributed by atoms with Gasteiger partial charge in [0.05, 0.1) is 27.2 Å². The number of carbonyl (C=O) groups is 1. The van der Waals surface area contributed by atoms with Gasteiger partial charge >= 0.3 is 5.97 Å². The second-order valence-corrected chi connectivity index (χ2v) is 5.02. The van der Waals surface area contributed by atoms with E-state index in [9.17, 15) is 9.90 Å². The summed E-state index contributed by atoms with van der Waals surface area (Å²) in [6.07, 6.45) is 0.328. The normalized spacial score (nSPS) is 11.6. The molecule has 1 N–H and O–H groups in total. The highest BCUT2D eigenvalue weighted by atomic mass is 16.5. The van der Waals surface area contributed by atoms with Crippen LogP contribution in [0, 0.1) is 0 Å². The van der Waals surface area contributed by atoms with E-state index in [1.54, 1.807) is 32.4 Å². The summed E-state index contributed by atoms with van der Waals surface area (Å²) in [7, 11) is 4.64. The van der Waals surface area contributed by atoms with Crippen LogP contribution >= 0.6 is 0 Å². The lowest BCUT2D eigenvalue weighted by atomic mass is 9.91. The van der Waals surface area contributed by atoms with Crippen LogP contribution in [-0.2, 0) is 11.2 Å². The topological polar surface area (TPSA) is 65.0 Å². The van der Waals surface area contributed by atoms with Crippen molar-refractivity contribution in [3.05, 3.63) is 53.6 Å². The lowest BCUT2D eigenvalue weighted by Crippen LogP contribution is -2.15. The number of rotatable bonds is 7. The van der Waals surface area contributed by atoms with Gasteiger partial charge in [0, 0.05) is 0 Å². The van der Waals surface area contributed by atoms with Crippen LogP contribution in [0.1, 0.15) is 17.0 Å². The average Bonchev–Trinajstić information content (AvgIpc) is 2.59. The first kappa shape index (κ1) is 16.7. The molecule has 0 aliphatic heterocycles. The van der Waals surface area contributed by atoms with Crippen LogP contribution in [0.5, 0.6) is 17.2 Å². The molecule has 2 rings (SSSR count). The molecule has 5 heteroatoms. The van der Waals surface area contributed by atoms with Crippen molar-refractivity contribution >= 4 is 5.97 Å². The van der Waals surface area contributed by atoms with Gasteiger partial charge in [0.15, 0.2) is 11.5 Å². The van der Waals surface area contributed by atoms with E-state index in [0.29, 0.717) is 29.2 Å². The molecule has 0 heterocycles. The third kappa shape index (κ3) is 3.74. The lowest BCUT2D eigenvalue weighted by molar-refractivity contribution is -0.138. The molecule has 1 unspecified atom stereocenters. The zero-order valence-corrected chi connectivity index (χ0v) is 13.4. The van der Waals surface area contributed by atoms with Crippen molar-refractivity contribution in [3.63, 3.8) is 0 Å². The highest BCUT2D eigenvalue weighted by Gasteiger charge is 2.23. The Kier molecular flexibility index (Phi) is 5.46. The minimum atomic E-state index is -0.900. The molecular formula is C18H20O5. The Morgan fingerprint density at radius 2 is 1.61 bits per heavy atom. The number of ether oxygens (including phenoxy) is 3. The predicted octanol–water partition coefficient (Wildman–Crippen LogP) is 3.12. The number of hydrogen-bond acceptors (Lipinski definition) is 4. The van der Waals surface area contributed by atoms with Crippen LogP contribution in [0.15, 0.2) is 42.5 Å². The van der Waals surface area contributed by atoms with Gasteiger partial charge in [0.2, 0.25) is 0 Å². The first-order valence-corrected chi connectivity index (χ1v) is 7.17. The van der Waals surface area contributed by atoms with E-state index in [1.165, 1.54) is 7.11 Å². The molecule has 0 aromatic heterocycles. The molecule has 0 amide bonds. The van der Waals surface area contributed by atoms with Crippen LogP contribution in [0.4, 0.5) is 0 Å². The van der Waals surface area contributed by atoms with Gasteiger partial charge in [-0.15, -0.1) is 0 Å². The minimum absolute atomic E-state index is 0.328. The van der Waals surface area contributed by atoms with E-state index < -0.39 is 11.9 Å². The van der Waals surface area contributed by atoms with E-state index in [-0.39, 0.29) is 0 Å². The summed E-state index contributed by atoms with van der Waals surface area (Å²) in [6, 6.07) is 12.6. The van der Waals surface area contributed by atoms with Crippen molar-refractivity contribution in [2.24, 2.45) is 0 Å². The minimum Gasteiger partial charge on any atom is -0.496 e. The van der Waals surface area contributed by atoms with Crippen LogP contribution in [0.2, 0.25) is 0 Å². The van der Waals surface area contributed by atoms with Crippen LogP contribution < -0.4 is 14.2 Å². The van der Waals surface area contributed by atoms with Gasteiger partial charge < -0.3 is 19.3 Å². The number of hydrogen-bond donors (Lipinski definition) is 1. The molecule has 1 atom stereocenters. The van der Waals surface area contributed by atoms with Gasteiger partial charge in [-0.3, -0.25) is 4.79 Å². The third-order valence-electron chi connectivity index (χ3n) is 3.72. The molecule has 0 radical (unpaired) electrons. The molecule has 2 aromatic rings. The van der Waals surface area contributed by atoms with E-state index in [2.05, 4.69) is 0 Å². The van der Waals surface area contributed by atoms with E-state index >= 15 is 0 Å². The number of carboxylic acid groups (broad SMARTS) is 1. The Hall–Kier alpha value is -2.69. The molecule has 0 saturated heterocycles. The van der Waals surface area contributed by atoms with Gasteiger partial charge in [-0.2, -0.15) is 0 Å². The highest BCUT2D eigenvalue weighted by Crippen LogP contribution is 2.33. The molecule has 0 spiro atoms. The van der Waals surface area contributed by atoms with Crippen molar-refractivity contribution in [1.82, 2.24) is 0 Å². The van der Waals surface area contributed by atoms with Crippen molar-refractivity contribution < 1.29 is 24.1 Å². The first-order valence-electron chi connectivity index (χ1n) is 7.17. The standard InChI is InChI=1S/C18H20O5/c1-21-15-7-5-4-6-13(15)10-14(18(19)20)12-8-9-16(22-2)17(11-12)23-3/h4-9,11,14H,10H2,1-3H3,(H,19,20). The molecule has 5 nitrogen and oxygen atoms in total. The van der Waals surface area contributed by atoms with E-state index in [4.69, 9.17) is 14.2 Å². The molecule has 0 saturated carbocycles. The van der Waals surface area contributed by atoms with Gasteiger partial charge in [0.1, 0.15) is 5.75 Å². The maximum atomic E-state index is 11.7. The number of methoxy groups -OCH3 is 3. The fourth-order valence-electron chi connectivity index (χ4n) is 2.51. The average molecular weight is 316 g/mol. The first-order chi connectivity index (χ1) is 11.1. The Morgan fingerprint density at radius 3 is 2.22 bits per heavy atom. The summed E-state index contributed by atoms with van der Waals surface area (Å²) in [6.45, 7) is 0. The predicted molar refractivity (Wildman–Crippen MR) is 86.6 cm³/mol. The van der Waals surface area contributed by atoms with Crippen LogP contribution in [0.25, 0.3) is 0 Å². The highest BCUT2D eigenvalue weighted by molar-refractivity contribution is 5.77. The lowest BCUT2D eigenvalue weighted by Gasteiger charge is -2.17. The zero-order chi connectivity index (χ0) is 16.8. The number of aliphatic carboxylic acids is 1. The van der Waals surface area contributed by atoms with E-state index in [1.807, 2.05) is 24.3 Å². The molecule has 0 fully saturated rings. The van der Waals surface area contributed by atoms with Crippen molar-refractivity contribution in [3.8, 4) is 17.2 Å². The Morgan fingerprint density at radius 1 is 0.957 bits per heavy atom. The van der Waals surface area contributed by atoms with Gasteiger partial charge in [-0.05, 0) is 35.7 Å². The Balaban J connectivity index is 2.37. The fraction of sp³-hybridized carbons (Fsp3) is 0.278. The van der Waals surface area contributed by atoms with Gasteiger partial charge in [-0.1, -0.05) is 24.3 Å². The number of benzene rings is 2. The van der Waals surface area contributed by atoms with E-state index in [0.717, 1.165) is 5.56 Å². The molecule has 23 heavy (non-hydrogen) atoms. The summed E-state index contributed by atoms with van der Waals surface area (Å²) in [5.74, 6) is 0.155. The van der Waals surface area contributed by atoms with Gasteiger partial charge in [-0.25, -0.2) is 0 Å². The monoisotopic (exact) mass is 316 g/mol. The molecule has 122 valence electrons. The second kappa shape index (κ2) is 7.54. The fourth-order valence-corrected chi connectivity index (χ4v) is 2.51. The summed E-state index contributed by atoms with van der Waals surface area (Å²) in [5.41, 5.74) is 1.50. The zero-order valence-electron chi connectivity index (χ0n) is 13.4. The maximum Gasteiger partial charge on any atom is 0.311 e. The number of carboxylic acids is 1. The van der Waals surface area contributed by atoms with Gasteiger partial charge in [0.25, 0.3) is 0 Å². The summed E-state index contributed by atoms with van der Waals surface area (Å²) in [5, 5.41) is 9.63. The smallest absolute Gasteiger partial charge is 0.311 e. The van der Waals surface area contributed by atoms with Crippen molar-refractivity contribution in [1.29, 1.82) is 0 Å². The molecule has 0 aliphatic rings. The Labute approximate surface area is 135 Å². The summed E-state index contributed by atoms with van der Waals surface area (Å²) in [4.78, 5) is 11.7. The summed E-state index contributed by atoms with van der Waals surface area (Å²) >= 11 is 0. The largest absolute Gasteiger partial charge is 0.496 e. The summed E-state index contributed by atoms with van der Waals surface area (Å²) < 4.78 is 15.8. The van der Waals surface area contributed by atoms with Crippen LogP contribution in [-0.4, -0.2) is 32.4 Å².